The molecular weight excluding hydrogens is 224 g/mol. The van der Waals surface area contributed by atoms with E-state index in [1.165, 1.54) is 5.56 Å². The molecule has 0 aliphatic carbocycles. The zero-order valence-corrected chi connectivity index (χ0v) is 9.77. The average molecular weight is 236 g/mol. The summed E-state index contributed by atoms with van der Waals surface area (Å²) >= 11 is 0. The van der Waals surface area contributed by atoms with Crippen molar-refractivity contribution in [3.05, 3.63) is 72.6 Å². The second kappa shape index (κ2) is 4.79. The molecular formula is C14H12N4. The molecule has 0 saturated carbocycles. The van der Waals surface area contributed by atoms with Crippen LogP contribution in [0.25, 0.3) is 5.69 Å². The first-order valence-electron chi connectivity index (χ1n) is 5.77. The molecule has 0 fully saturated rings. The first-order chi connectivity index (χ1) is 8.93. The molecule has 0 saturated heterocycles. The number of hydrogen-bond donors (Lipinski definition) is 0. The molecule has 4 heteroatoms. The van der Waals surface area contributed by atoms with Gasteiger partial charge in [0.25, 0.3) is 0 Å². The van der Waals surface area contributed by atoms with E-state index in [0.29, 0.717) is 0 Å². The van der Waals surface area contributed by atoms with E-state index in [2.05, 4.69) is 15.2 Å². The minimum absolute atomic E-state index is 0.747. The van der Waals surface area contributed by atoms with Gasteiger partial charge in [0.2, 0.25) is 0 Å². The second-order valence-corrected chi connectivity index (χ2v) is 3.98. The minimum Gasteiger partial charge on any atom is -0.285 e. The quantitative estimate of drug-likeness (QED) is 0.700. The summed E-state index contributed by atoms with van der Waals surface area (Å²) in [5.41, 5.74) is 2.25. The van der Waals surface area contributed by atoms with E-state index in [-0.39, 0.29) is 0 Å². The van der Waals surface area contributed by atoms with Crippen LogP contribution in [0.4, 0.5) is 0 Å². The van der Waals surface area contributed by atoms with Crippen LogP contribution in [0.15, 0.2) is 61.2 Å². The molecule has 0 aliphatic rings. The Labute approximate surface area is 105 Å². The van der Waals surface area contributed by atoms with E-state index >= 15 is 0 Å². The lowest BCUT2D eigenvalue weighted by Gasteiger charge is -2.06. The highest BCUT2D eigenvalue weighted by molar-refractivity contribution is 5.33. The summed E-state index contributed by atoms with van der Waals surface area (Å²) in [7, 11) is 0. The predicted octanol–water partition coefficient (Wildman–Crippen LogP) is 2.25. The van der Waals surface area contributed by atoms with Crippen LogP contribution in [-0.2, 0) is 6.42 Å². The van der Waals surface area contributed by atoms with Crippen LogP contribution in [0.2, 0.25) is 0 Å². The van der Waals surface area contributed by atoms with Gasteiger partial charge in [-0.3, -0.25) is 9.55 Å². The van der Waals surface area contributed by atoms with Crippen LogP contribution >= 0.6 is 0 Å². The highest BCUT2D eigenvalue weighted by Crippen LogP contribution is 2.12. The number of pyridine rings is 1. The van der Waals surface area contributed by atoms with Crippen LogP contribution in [-0.4, -0.2) is 19.7 Å². The van der Waals surface area contributed by atoms with E-state index in [1.807, 2.05) is 47.0 Å². The molecule has 2 heterocycles. The standard InChI is InChI=1S/C14H12N4/c1-2-4-13(5-3-1)18-11-16-17-14(18)10-12-6-8-15-9-7-12/h1-9,11H,10H2. The topological polar surface area (TPSA) is 43.6 Å². The molecule has 4 nitrogen and oxygen atoms in total. The molecule has 3 aromatic rings. The van der Waals surface area contributed by atoms with Crippen molar-refractivity contribution in [1.82, 2.24) is 19.7 Å². The van der Waals surface area contributed by atoms with E-state index < -0.39 is 0 Å². The van der Waals surface area contributed by atoms with E-state index in [9.17, 15) is 0 Å². The van der Waals surface area contributed by atoms with Gasteiger partial charge in [0.05, 0.1) is 0 Å². The first kappa shape index (κ1) is 10.7. The number of nitrogens with zero attached hydrogens (tertiary/aromatic N) is 4. The summed E-state index contributed by atoms with van der Waals surface area (Å²) in [5, 5.41) is 8.17. The maximum atomic E-state index is 4.18. The predicted molar refractivity (Wildman–Crippen MR) is 68.4 cm³/mol. The third-order valence-electron chi connectivity index (χ3n) is 2.76. The van der Waals surface area contributed by atoms with Gasteiger partial charge in [-0.25, -0.2) is 0 Å². The number of rotatable bonds is 3. The van der Waals surface area contributed by atoms with Crippen molar-refractivity contribution in [1.29, 1.82) is 0 Å². The summed E-state index contributed by atoms with van der Waals surface area (Å²) in [5.74, 6) is 0.924. The fraction of sp³-hybridized carbons (Fsp3) is 0.0714. The van der Waals surface area contributed by atoms with Crippen molar-refractivity contribution in [2.24, 2.45) is 0 Å². The third kappa shape index (κ3) is 2.13. The molecule has 3 rings (SSSR count). The number of benzene rings is 1. The SMILES string of the molecule is c1ccc(-n2cnnc2Cc2ccncc2)cc1. The molecule has 0 amide bonds. The lowest BCUT2D eigenvalue weighted by atomic mass is 10.2. The maximum Gasteiger partial charge on any atom is 0.141 e. The van der Waals surface area contributed by atoms with Gasteiger partial charge in [0.15, 0.2) is 0 Å². The molecule has 88 valence electrons. The van der Waals surface area contributed by atoms with E-state index in [4.69, 9.17) is 0 Å². The molecule has 18 heavy (non-hydrogen) atoms. The Bertz CT molecular complexity index is 617. The molecule has 0 bridgehead atoms. The van der Waals surface area contributed by atoms with Crippen molar-refractivity contribution in [2.75, 3.05) is 0 Å². The summed E-state index contributed by atoms with van der Waals surface area (Å²) < 4.78 is 2.00. The smallest absolute Gasteiger partial charge is 0.141 e. The average Bonchev–Trinajstić information content (AvgIpc) is 2.89. The van der Waals surface area contributed by atoms with Gasteiger partial charge in [0.1, 0.15) is 12.2 Å². The lowest BCUT2D eigenvalue weighted by Crippen LogP contribution is -2.01. The molecule has 2 aromatic heterocycles. The summed E-state index contributed by atoms with van der Waals surface area (Å²) in [6.07, 6.45) is 6.07. The Kier molecular flexibility index (Phi) is 2.84. The molecule has 0 radical (unpaired) electrons. The molecule has 0 atom stereocenters. The van der Waals surface area contributed by atoms with Gasteiger partial charge >= 0.3 is 0 Å². The third-order valence-corrected chi connectivity index (χ3v) is 2.76. The van der Waals surface area contributed by atoms with Crippen LogP contribution < -0.4 is 0 Å². The van der Waals surface area contributed by atoms with Crippen LogP contribution in [0.3, 0.4) is 0 Å². The lowest BCUT2D eigenvalue weighted by molar-refractivity contribution is 0.904. The zero-order chi connectivity index (χ0) is 12.2. The Morgan fingerprint density at radius 3 is 2.50 bits per heavy atom. The fourth-order valence-electron chi connectivity index (χ4n) is 1.87. The van der Waals surface area contributed by atoms with Gasteiger partial charge < -0.3 is 0 Å². The van der Waals surface area contributed by atoms with Gasteiger partial charge in [-0.15, -0.1) is 10.2 Å². The van der Waals surface area contributed by atoms with Gasteiger partial charge in [-0.2, -0.15) is 0 Å². The van der Waals surface area contributed by atoms with Crippen molar-refractivity contribution in [3.8, 4) is 5.69 Å². The monoisotopic (exact) mass is 236 g/mol. The van der Waals surface area contributed by atoms with Crippen LogP contribution in [0, 0.1) is 0 Å². The molecule has 0 unspecified atom stereocenters. The zero-order valence-electron chi connectivity index (χ0n) is 9.77. The maximum absolute atomic E-state index is 4.18. The number of para-hydroxylation sites is 1. The van der Waals surface area contributed by atoms with Gasteiger partial charge in [-0.05, 0) is 29.8 Å². The van der Waals surface area contributed by atoms with Crippen LogP contribution in [0.1, 0.15) is 11.4 Å². The Hall–Kier alpha value is -2.49. The summed E-state index contributed by atoms with van der Waals surface area (Å²) in [4.78, 5) is 4.01. The highest BCUT2D eigenvalue weighted by Gasteiger charge is 2.06. The van der Waals surface area contributed by atoms with Crippen LogP contribution in [0.5, 0.6) is 0 Å². The molecule has 0 N–H and O–H groups in total. The Morgan fingerprint density at radius 1 is 0.944 bits per heavy atom. The second-order valence-electron chi connectivity index (χ2n) is 3.98. The molecule has 0 spiro atoms. The number of aromatic nitrogens is 4. The van der Waals surface area contributed by atoms with Gasteiger partial charge in [0, 0.05) is 24.5 Å². The highest BCUT2D eigenvalue weighted by atomic mass is 15.3. The number of hydrogen-bond acceptors (Lipinski definition) is 3. The largest absolute Gasteiger partial charge is 0.285 e. The molecule has 0 aliphatic heterocycles. The van der Waals surface area contributed by atoms with Crippen molar-refractivity contribution in [3.63, 3.8) is 0 Å². The Morgan fingerprint density at radius 2 is 1.72 bits per heavy atom. The van der Waals surface area contributed by atoms with Crippen molar-refractivity contribution >= 4 is 0 Å². The fourth-order valence-corrected chi connectivity index (χ4v) is 1.87. The summed E-state index contributed by atoms with van der Waals surface area (Å²) in [6, 6.07) is 14.1. The van der Waals surface area contributed by atoms with E-state index in [1.54, 1.807) is 18.7 Å². The molecule has 1 aromatic carbocycles. The Balaban J connectivity index is 1.93. The van der Waals surface area contributed by atoms with Gasteiger partial charge in [-0.1, -0.05) is 18.2 Å². The first-order valence-corrected chi connectivity index (χ1v) is 5.77. The summed E-state index contributed by atoms with van der Waals surface area (Å²) in [6.45, 7) is 0. The minimum atomic E-state index is 0.747. The normalized spacial score (nSPS) is 10.4. The van der Waals surface area contributed by atoms with Crippen molar-refractivity contribution < 1.29 is 0 Å². The van der Waals surface area contributed by atoms with Crippen molar-refractivity contribution in [2.45, 2.75) is 6.42 Å². The van der Waals surface area contributed by atoms with E-state index in [0.717, 1.165) is 17.9 Å².